The summed E-state index contributed by atoms with van der Waals surface area (Å²) in [6.45, 7) is 5.84. The number of nitriles is 1. The van der Waals surface area contributed by atoms with Gasteiger partial charge in [-0.05, 0) is 49.7 Å². The summed E-state index contributed by atoms with van der Waals surface area (Å²) in [6, 6.07) is 15.0. The van der Waals surface area contributed by atoms with E-state index in [1.165, 1.54) is 18.3 Å². The average molecular weight is 377 g/mol. The van der Waals surface area contributed by atoms with Gasteiger partial charge in [-0.2, -0.15) is 5.26 Å². The van der Waals surface area contributed by atoms with Gasteiger partial charge in [0.15, 0.2) is 5.13 Å². The van der Waals surface area contributed by atoms with E-state index in [1.54, 1.807) is 29.2 Å². The molecule has 0 saturated heterocycles. The first-order valence-corrected chi connectivity index (χ1v) is 9.31. The molecule has 0 radical (unpaired) electrons. The van der Waals surface area contributed by atoms with E-state index in [-0.39, 0.29) is 5.91 Å². The van der Waals surface area contributed by atoms with Crippen molar-refractivity contribution in [3.05, 3.63) is 70.2 Å². The molecule has 1 aromatic heterocycles. The molecular weight excluding hydrogens is 358 g/mol. The van der Waals surface area contributed by atoms with E-state index in [0.29, 0.717) is 23.1 Å². The molecule has 5 nitrogen and oxygen atoms in total. The molecule has 2 aromatic carbocycles. The van der Waals surface area contributed by atoms with Crippen LogP contribution in [-0.4, -0.2) is 10.9 Å². The van der Waals surface area contributed by atoms with E-state index in [2.05, 4.69) is 11.1 Å². The maximum Gasteiger partial charge on any atom is 0.230 e. The normalized spacial score (nSPS) is 10.3. The molecule has 0 aliphatic heterocycles. The Labute approximate surface area is 162 Å². The van der Waals surface area contributed by atoms with Crippen LogP contribution >= 0.6 is 11.3 Å². The quantitative estimate of drug-likeness (QED) is 0.634. The Hall–Kier alpha value is -3.17. The predicted octanol–water partition coefficient (Wildman–Crippen LogP) is 4.90. The van der Waals surface area contributed by atoms with Crippen molar-refractivity contribution in [3.63, 3.8) is 0 Å². The number of anilines is 2. The highest BCUT2D eigenvalue weighted by molar-refractivity contribution is 7.14. The number of hydrogen-bond acceptors (Lipinski definition) is 5. The SMILES string of the molecule is CC(=O)N(c1nc(COc2ccc(C#N)cc2)cs1)c1ccc(C)cc1C. The molecule has 0 aliphatic rings. The van der Waals surface area contributed by atoms with Crippen LogP contribution in [0.25, 0.3) is 0 Å². The van der Waals surface area contributed by atoms with Crippen LogP contribution in [0.2, 0.25) is 0 Å². The number of amides is 1. The standard InChI is InChI=1S/C21H19N3O2S/c1-14-4-9-20(15(2)10-14)24(16(3)25)21-23-18(13-27-21)12-26-19-7-5-17(11-22)6-8-19/h4-10,13H,12H2,1-3H3. The number of ether oxygens (including phenoxy) is 1. The molecule has 3 aromatic rings. The van der Waals surface area contributed by atoms with Crippen molar-refractivity contribution in [2.24, 2.45) is 0 Å². The van der Waals surface area contributed by atoms with Crippen LogP contribution < -0.4 is 9.64 Å². The third-order valence-electron chi connectivity index (χ3n) is 4.01. The molecule has 27 heavy (non-hydrogen) atoms. The second-order valence-electron chi connectivity index (χ2n) is 6.19. The van der Waals surface area contributed by atoms with Crippen molar-refractivity contribution in [1.82, 2.24) is 4.98 Å². The van der Waals surface area contributed by atoms with Gasteiger partial charge in [0, 0.05) is 12.3 Å². The Morgan fingerprint density at radius 3 is 2.59 bits per heavy atom. The fourth-order valence-corrected chi connectivity index (χ4v) is 3.58. The molecule has 0 aliphatic carbocycles. The molecule has 136 valence electrons. The van der Waals surface area contributed by atoms with Gasteiger partial charge >= 0.3 is 0 Å². The fourth-order valence-electron chi connectivity index (χ4n) is 2.71. The van der Waals surface area contributed by atoms with Gasteiger partial charge in [0.1, 0.15) is 12.4 Å². The first kappa shape index (κ1) is 18.6. The Morgan fingerprint density at radius 2 is 1.96 bits per heavy atom. The van der Waals surface area contributed by atoms with Crippen LogP contribution in [0.5, 0.6) is 5.75 Å². The predicted molar refractivity (Wildman–Crippen MR) is 106 cm³/mol. The molecule has 0 spiro atoms. The minimum absolute atomic E-state index is 0.0872. The Morgan fingerprint density at radius 1 is 1.22 bits per heavy atom. The van der Waals surface area contributed by atoms with Crippen molar-refractivity contribution in [3.8, 4) is 11.8 Å². The summed E-state index contributed by atoms with van der Waals surface area (Å²) in [4.78, 5) is 18.5. The largest absolute Gasteiger partial charge is 0.487 e. The van der Waals surface area contributed by atoms with Gasteiger partial charge in [-0.15, -0.1) is 11.3 Å². The number of carbonyl (C=O) groups is 1. The summed E-state index contributed by atoms with van der Waals surface area (Å²) in [7, 11) is 0. The third-order valence-corrected chi connectivity index (χ3v) is 4.88. The van der Waals surface area contributed by atoms with E-state index in [4.69, 9.17) is 10.00 Å². The molecule has 3 rings (SSSR count). The Bertz CT molecular complexity index is 1000. The third kappa shape index (κ3) is 4.33. The van der Waals surface area contributed by atoms with Crippen LogP contribution in [0.1, 0.15) is 29.3 Å². The molecule has 0 fully saturated rings. The second-order valence-corrected chi connectivity index (χ2v) is 7.03. The van der Waals surface area contributed by atoms with E-state index in [0.717, 1.165) is 22.5 Å². The summed E-state index contributed by atoms with van der Waals surface area (Å²) in [6.07, 6.45) is 0. The topological polar surface area (TPSA) is 66.2 Å². The van der Waals surface area contributed by atoms with Crippen molar-refractivity contribution >= 4 is 28.1 Å². The first-order valence-electron chi connectivity index (χ1n) is 8.43. The van der Waals surface area contributed by atoms with Gasteiger partial charge in [-0.25, -0.2) is 4.98 Å². The maximum absolute atomic E-state index is 12.3. The first-order chi connectivity index (χ1) is 13.0. The second kappa shape index (κ2) is 8.02. The van der Waals surface area contributed by atoms with Crippen molar-refractivity contribution in [2.45, 2.75) is 27.4 Å². The molecule has 0 atom stereocenters. The number of aromatic nitrogens is 1. The summed E-state index contributed by atoms with van der Waals surface area (Å²) in [5.41, 5.74) is 4.34. The lowest BCUT2D eigenvalue weighted by atomic mass is 10.1. The molecule has 0 N–H and O–H groups in total. The summed E-state index contributed by atoms with van der Waals surface area (Å²) in [5, 5.41) is 11.3. The van der Waals surface area contributed by atoms with Crippen LogP contribution in [0, 0.1) is 25.2 Å². The zero-order chi connectivity index (χ0) is 19.4. The number of carbonyl (C=O) groups excluding carboxylic acids is 1. The lowest BCUT2D eigenvalue weighted by molar-refractivity contribution is -0.115. The summed E-state index contributed by atoms with van der Waals surface area (Å²) >= 11 is 1.41. The molecule has 0 saturated carbocycles. The smallest absolute Gasteiger partial charge is 0.230 e. The number of thiazole rings is 1. The van der Waals surface area contributed by atoms with E-state index in [9.17, 15) is 4.79 Å². The molecule has 0 unspecified atom stereocenters. The lowest BCUT2D eigenvalue weighted by Gasteiger charge is -2.20. The van der Waals surface area contributed by atoms with Crippen LogP contribution in [0.3, 0.4) is 0 Å². The van der Waals surface area contributed by atoms with Gasteiger partial charge in [0.2, 0.25) is 5.91 Å². The molecule has 1 heterocycles. The molecule has 0 bridgehead atoms. The van der Waals surface area contributed by atoms with E-state index < -0.39 is 0 Å². The average Bonchev–Trinajstić information content (AvgIpc) is 3.10. The monoisotopic (exact) mass is 377 g/mol. The maximum atomic E-state index is 12.3. The highest BCUT2D eigenvalue weighted by Gasteiger charge is 2.19. The van der Waals surface area contributed by atoms with Crippen molar-refractivity contribution in [2.75, 3.05) is 4.90 Å². The van der Waals surface area contributed by atoms with Crippen LogP contribution in [-0.2, 0) is 11.4 Å². The van der Waals surface area contributed by atoms with Gasteiger partial charge in [-0.1, -0.05) is 17.7 Å². The zero-order valence-corrected chi connectivity index (χ0v) is 16.2. The van der Waals surface area contributed by atoms with Crippen LogP contribution in [0.15, 0.2) is 47.8 Å². The minimum Gasteiger partial charge on any atom is -0.487 e. The van der Waals surface area contributed by atoms with Gasteiger partial charge < -0.3 is 4.74 Å². The number of benzene rings is 2. The number of aryl methyl sites for hydroxylation is 2. The number of hydrogen-bond donors (Lipinski definition) is 0. The highest BCUT2D eigenvalue weighted by Crippen LogP contribution is 2.32. The molecule has 6 heteroatoms. The summed E-state index contributed by atoms with van der Waals surface area (Å²) < 4.78 is 5.72. The molecular formula is C21H19N3O2S. The number of nitrogens with zero attached hydrogens (tertiary/aromatic N) is 3. The van der Waals surface area contributed by atoms with Crippen molar-refractivity contribution in [1.29, 1.82) is 5.26 Å². The van der Waals surface area contributed by atoms with Crippen LogP contribution in [0.4, 0.5) is 10.8 Å². The lowest BCUT2D eigenvalue weighted by Crippen LogP contribution is -2.23. The fraction of sp³-hybridized carbons (Fsp3) is 0.190. The summed E-state index contributed by atoms with van der Waals surface area (Å²) in [5.74, 6) is 0.581. The van der Waals surface area contributed by atoms with E-state index in [1.807, 2.05) is 37.4 Å². The Balaban J connectivity index is 1.77. The van der Waals surface area contributed by atoms with Crippen molar-refractivity contribution < 1.29 is 9.53 Å². The molecule has 1 amide bonds. The van der Waals surface area contributed by atoms with Gasteiger partial charge in [0.05, 0.1) is 23.0 Å². The van der Waals surface area contributed by atoms with Gasteiger partial charge in [-0.3, -0.25) is 9.69 Å². The number of rotatable bonds is 5. The van der Waals surface area contributed by atoms with Gasteiger partial charge in [0.25, 0.3) is 0 Å². The zero-order valence-electron chi connectivity index (χ0n) is 15.4. The van der Waals surface area contributed by atoms with E-state index >= 15 is 0 Å². The minimum atomic E-state index is -0.0872. The highest BCUT2D eigenvalue weighted by atomic mass is 32.1. The Kier molecular flexibility index (Phi) is 5.53.